The molecule has 38 heavy (non-hydrogen) atoms. The summed E-state index contributed by atoms with van der Waals surface area (Å²) in [7, 11) is 1.20. The number of ether oxygens (including phenoxy) is 2. The van der Waals surface area contributed by atoms with Gasteiger partial charge in [0.1, 0.15) is 5.76 Å². The van der Waals surface area contributed by atoms with Gasteiger partial charge < -0.3 is 19.7 Å². The van der Waals surface area contributed by atoms with Gasteiger partial charge in [-0.3, -0.25) is 0 Å². The Bertz CT molecular complexity index is 1340. The minimum Gasteiger partial charge on any atom is -0.468 e. The molecular weight excluding hydrogens is 551 g/mol. The van der Waals surface area contributed by atoms with Gasteiger partial charge in [-0.15, -0.1) is 0 Å². The fraction of sp³-hybridized carbons (Fsp3) is 0.214. The molecule has 0 aliphatic carbocycles. The summed E-state index contributed by atoms with van der Waals surface area (Å²) >= 11 is 19.0. The lowest BCUT2D eigenvalue weighted by molar-refractivity contribution is -0.162. The van der Waals surface area contributed by atoms with Crippen molar-refractivity contribution in [2.75, 3.05) is 18.9 Å². The first-order valence-corrected chi connectivity index (χ1v) is 12.6. The highest BCUT2D eigenvalue weighted by Crippen LogP contribution is 2.38. The van der Waals surface area contributed by atoms with Crippen molar-refractivity contribution in [3.63, 3.8) is 0 Å². The van der Waals surface area contributed by atoms with Crippen LogP contribution >= 0.6 is 34.8 Å². The quantitative estimate of drug-likeness (QED) is 0.144. The van der Waals surface area contributed by atoms with E-state index < -0.39 is 18.4 Å². The Kier molecular flexibility index (Phi) is 10.2. The maximum absolute atomic E-state index is 12.8. The van der Waals surface area contributed by atoms with Gasteiger partial charge in [-0.05, 0) is 60.5 Å². The number of benzene rings is 2. The molecule has 1 aliphatic rings. The first-order valence-electron chi connectivity index (χ1n) is 11.5. The van der Waals surface area contributed by atoms with Crippen LogP contribution < -0.4 is 5.01 Å². The number of anilines is 1. The van der Waals surface area contributed by atoms with Crippen molar-refractivity contribution in [1.82, 2.24) is 0 Å². The Morgan fingerprint density at radius 2 is 1.95 bits per heavy atom. The molecular formula is C28H27Cl3N2O5. The summed E-state index contributed by atoms with van der Waals surface area (Å²) in [6, 6.07) is 11.3. The molecule has 1 unspecified atom stereocenters. The zero-order chi connectivity index (χ0) is 27.9. The second kappa shape index (κ2) is 13.1. The number of rotatable bonds is 10. The number of allylic oxidation sites excluding steroid dienone is 4. The van der Waals surface area contributed by atoms with Crippen LogP contribution in [0.4, 0.5) is 5.69 Å². The van der Waals surface area contributed by atoms with Gasteiger partial charge >= 0.3 is 5.97 Å². The van der Waals surface area contributed by atoms with Crippen LogP contribution in [0.15, 0.2) is 95.5 Å². The molecule has 0 bridgehead atoms. The fourth-order valence-electron chi connectivity index (χ4n) is 3.91. The number of carbonyl (C=O) groups is 1. The van der Waals surface area contributed by atoms with Crippen LogP contribution in [-0.2, 0) is 19.9 Å². The monoisotopic (exact) mass is 576 g/mol. The van der Waals surface area contributed by atoms with Crippen LogP contribution in [0.5, 0.6) is 0 Å². The number of methoxy groups -OCH3 is 1. The Morgan fingerprint density at radius 3 is 2.58 bits per heavy atom. The fourth-order valence-corrected chi connectivity index (χ4v) is 4.47. The van der Waals surface area contributed by atoms with E-state index >= 15 is 0 Å². The average Bonchev–Trinajstić information content (AvgIpc) is 2.92. The maximum atomic E-state index is 12.8. The summed E-state index contributed by atoms with van der Waals surface area (Å²) in [5.41, 5.74) is 0.490. The third kappa shape index (κ3) is 6.67. The Balaban J connectivity index is 2.12. The smallest absolute Gasteiger partial charge is 0.342 e. The minimum absolute atomic E-state index is 0.176. The van der Waals surface area contributed by atoms with E-state index in [1.54, 1.807) is 47.5 Å². The van der Waals surface area contributed by atoms with E-state index in [9.17, 15) is 15.0 Å². The summed E-state index contributed by atoms with van der Waals surface area (Å²) in [5.74, 6) is -0.507. The van der Waals surface area contributed by atoms with E-state index in [0.29, 0.717) is 49.9 Å². The highest BCUT2D eigenvalue weighted by atomic mass is 35.5. The molecule has 1 heterocycles. The molecule has 0 fully saturated rings. The van der Waals surface area contributed by atoms with Gasteiger partial charge in [0.2, 0.25) is 0 Å². The van der Waals surface area contributed by atoms with E-state index in [0.717, 1.165) is 0 Å². The number of aliphatic hydroxyl groups excluding tert-OH is 1. The Morgan fingerprint density at radius 1 is 1.21 bits per heavy atom. The lowest BCUT2D eigenvalue weighted by atomic mass is 9.87. The molecule has 0 saturated carbocycles. The molecule has 3 rings (SSSR count). The summed E-state index contributed by atoms with van der Waals surface area (Å²) in [4.78, 5) is 12.8. The lowest BCUT2D eigenvalue weighted by Gasteiger charge is -2.32. The van der Waals surface area contributed by atoms with Crippen molar-refractivity contribution < 1.29 is 24.5 Å². The van der Waals surface area contributed by atoms with Gasteiger partial charge in [0.15, 0.2) is 12.4 Å². The molecule has 0 spiro atoms. The first kappa shape index (κ1) is 29.5. The van der Waals surface area contributed by atoms with Crippen LogP contribution in [0.2, 0.25) is 15.1 Å². The maximum Gasteiger partial charge on any atom is 0.342 e. The number of halogens is 3. The number of hydrogen-bond acceptors (Lipinski definition) is 7. The topological polar surface area (TPSA) is 91.6 Å². The van der Waals surface area contributed by atoms with Crippen LogP contribution in [0.1, 0.15) is 25.3 Å². The molecule has 1 aliphatic heterocycles. The molecule has 2 aromatic rings. The highest BCUT2D eigenvalue weighted by molar-refractivity contribution is 6.35. The number of carbonyl (C=O) groups excluding carboxylic acids is 1. The molecule has 2 N–H and O–H groups in total. The molecule has 1 atom stereocenters. The second-order valence-electron chi connectivity index (χ2n) is 8.17. The second-order valence-corrected chi connectivity index (χ2v) is 9.45. The molecule has 0 radical (unpaired) electrons. The Hall–Kier alpha value is -3.07. The normalized spacial score (nSPS) is 15.8. The molecule has 200 valence electrons. The van der Waals surface area contributed by atoms with Gasteiger partial charge in [0.25, 0.3) is 0 Å². The number of hydrazone groups is 1. The van der Waals surface area contributed by atoms with Crippen molar-refractivity contribution in [3.8, 4) is 0 Å². The molecule has 0 saturated heterocycles. The van der Waals surface area contributed by atoms with Gasteiger partial charge in [-0.2, -0.15) is 5.10 Å². The highest BCUT2D eigenvalue weighted by Gasteiger charge is 2.41. The van der Waals surface area contributed by atoms with Crippen molar-refractivity contribution in [2.24, 2.45) is 5.10 Å². The van der Waals surface area contributed by atoms with E-state index in [2.05, 4.69) is 6.58 Å². The van der Waals surface area contributed by atoms with E-state index in [1.807, 2.05) is 19.1 Å². The van der Waals surface area contributed by atoms with E-state index in [4.69, 9.17) is 49.4 Å². The van der Waals surface area contributed by atoms with Crippen LogP contribution in [0.25, 0.3) is 0 Å². The van der Waals surface area contributed by atoms with Gasteiger partial charge in [0, 0.05) is 28.6 Å². The number of nitrogens with zero attached hydrogens (tertiary/aromatic N) is 2. The van der Waals surface area contributed by atoms with Gasteiger partial charge in [-0.1, -0.05) is 65.7 Å². The number of esters is 1. The third-order valence-electron chi connectivity index (χ3n) is 5.76. The predicted molar refractivity (Wildman–Crippen MR) is 151 cm³/mol. The summed E-state index contributed by atoms with van der Waals surface area (Å²) in [6.45, 7) is 5.03. The SMILES string of the molecule is C=C/C(=C\C(=C/C)C1=CCC(CC(O)(C(=O)OC)c2cccc(Cl)c2)=NN1c1cc(Cl)ccc1Cl)OCO. The zero-order valence-electron chi connectivity index (χ0n) is 20.8. The summed E-state index contributed by atoms with van der Waals surface area (Å²) in [6.07, 6.45) is 6.98. The van der Waals surface area contributed by atoms with E-state index in [-0.39, 0.29) is 12.0 Å². The average molecular weight is 578 g/mol. The summed E-state index contributed by atoms with van der Waals surface area (Å²) in [5, 5.41) is 28.3. The first-order chi connectivity index (χ1) is 18.2. The summed E-state index contributed by atoms with van der Waals surface area (Å²) < 4.78 is 10.2. The molecule has 0 aromatic heterocycles. The Labute approximate surface area is 236 Å². The standard InChI is InChI=1S/C28H27Cl3N2O5/c1-4-18(13-23(5-2)38-17-34)25-12-10-22(32-33(25)26-15-21(30)9-11-24(26)31)16-28(36,27(35)37-3)19-7-6-8-20(29)14-19/h4-9,11-15,34,36H,2,10,16-17H2,1,3H3/b18-4+,23-13+. The van der Waals surface area contributed by atoms with Crippen LogP contribution in [-0.4, -0.2) is 35.8 Å². The number of aliphatic hydroxyl groups is 2. The number of hydrogen-bond donors (Lipinski definition) is 2. The van der Waals surface area contributed by atoms with Crippen molar-refractivity contribution in [3.05, 3.63) is 111 Å². The van der Waals surface area contributed by atoms with Gasteiger partial charge in [0.05, 0.1) is 23.5 Å². The van der Waals surface area contributed by atoms with E-state index in [1.165, 1.54) is 19.3 Å². The third-order valence-corrected chi connectivity index (χ3v) is 6.55. The molecule has 0 amide bonds. The van der Waals surface area contributed by atoms with Crippen LogP contribution in [0.3, 0.4) is 0 Å². The largest absolute Gasteiger partial charge is 0.468 e. The van der Waals surface area contributed by atoms with Gasteiger partial charge in [-0.25, -0.2) is 9.80 Å². The molecule has 7 nitrogen and oxygen atoms in total. The van der Waals surface area contributed by atoms with Crippen molar-refractivity contribution >= 4 is 52.2 Å². The molecule has 2 aromatic carbocycles. The zero-order valence-corrected chi connectivity index (χ0v) is 23.1. The lowest BCUT2D eigenvalue weighted by Crippen LogP contribution is -2.40. The molecule has 10 heteroatoms. The predicted octanol–water partition coefficient (Wildman–Crippen LogP) is 6.53. The van der Waals surface area contributed by atoms with Crippen molar-refractivity contribution in [1.29, 1.82) is 0 Å². The minimum atomic E-state index is -2.04. The van der Waals surface area contributed by atoms with Crippen LogP contribution in [0, 0.1) is 0 Å². The van der Waals surface area contributed by atoms with Crippen molar-refractivity contribution in [2.45, 2.75) is 25.4 Å².